The van der Waals surface area contributed by atoms with Gasteiger partial charge in [0.2, 0.25) is 0 Å². The van der Waals surface area contributed by atoms with E-state index in [1.807, 2.05) is 66.5 Å². The van der Waals surface area contributed by atoms with Gasteiger partial charge in [-0.3, -0.25) is 4.79 Å². The highest BCUT2D eigenvalue weighted by molar-refractivity contribution is 6.33. The number of nitrogens with one attached hydrogen (secondary N) is 1. The lowest BCUT2D eigenvalue weighted by Gasteiger charge is -2.32. The molecular formula is C22H22ClN3O. The molecule has 27 heavy (non-hydrogen) atoms. The van der Waals surface area contributed by atoms with Crippen molar-refractivity contribution in [3.05, 3.63) is 65.2 Å². The number of likely N-dealkylation sites (tertiary alicyclic amines) is 1. The molecule has 1 aromatic heterocycles. The molecule has 0 aliphatic carbocycles. The average molecular weight is 380 g/mol. The van der Waals surface area contributed by atoms with Gasteiger partial charge in [0.05, 0.1) is 16.8 Å². The van der Waals surface area contributed by atoms with Gasteiger partial charge in [-0.25, -0.2) is 4.98 Å². The van der Waals surface area contributed by atoms with Crippen molar-refractivity contribution < 1.29 is 4.79 Å². The summed E-state index contributed by atoms with van der Waals surface area (Å²) >= 11 is 6.38. The Balaban J connectivity index is 1.77. The van der Waals surface area contributed by atoms with Crippen LogP contribution in [0, 0.1) is 0 Å². The van der Waals surface area contributed by atoms with Gasteiger partial charge in [-0.05, 0) is 38.1 Å². The Morgan fingerprint density at radius 3 is 2.56 bits per heavy atom. The first-order valence-electron chi connectivity index (χ1n) is 9.28. The maximum Gasteiger partial charge on any atom is 0.254 e. The van der Waals surface area contributed by atoms with E-state index in [1.54, 1.807) is 0 Å². The first-order valence-corrected chi connectivity index (χ1v) is 9.66. The molecule has 4 nitrogen and oxygen atoms in total. The largest absolute Gasteiger partial charge is 0.339 e. The summed E-state index contributed by atoms with van der Waals surface area (Å²) in [6.07, 6.45) is 1.95. The highest BCUT2D eigenvalue weighted by Gasteiger charge is 2.25. The third-order valence-corrected chi connectivity index (χ3v) is 5.62. The number of halogens is 1. The van der Waals surface area contributed by atoms with Crippen LogP contribution >= 0.6 is 11.6 Å². The van der Waals surface area contributed by atoms with E-state index >= 15 is 0 Å². The second-order valence-corrected chi connectivity index (χ2v) is 7.31. The van der Waals surface area contributed by atoms with E-state index in [-0.39, 0.29) is 5.91 Å². The maximum atomic E-state index is 13.3. The highest BCUT2D eigenvalue weighted by atomic mass is 35.5. The summed E-state index contributed by atoms with van der Waals surface area (Å²) < 4.78 is 0. The van der Waals surface area contributed by atoms with E-state index < -0.39 is 0 Å². The Morgan fingerprint density at radius 2 is 1.81 bits per heavy atom. The van der Waals surface area contributed by atoms with Gasteiger partial charge in [0.1, 0.15) is 0 Å². The number of carbonyl (C=O) groups is 1. The lowest BCUT2D eigenvalue weighted by atomic mass is 10.0. The van der Waals surface area contributed by atoms with Gasteiger partial charge in [-0.15, -0.1) is 0 Å². The van der Waals surface area contributed by atoms with Crippen LogP contribution in [-0.4, -0.2) is 42.0 Å². The molecule has 0 bridgehead atoms. The van der Waals surface area contributed by atoms with Crippen molar-refractivity contribution in [3.8, 4) is 11.3 Å². The Kier molecular flexibility index (Phi) is 5.10. The molecule has 1 fully saturated rings. The molecule has 0 unspecified atom stereocenters. The van der Waals surface area contributed by atoms with E-state index in [4.69, 9.17) is 16.6 Å². The van der Waals surface area contributed by atoms with Crippen molar-refractivity contribution in [2.45, 2.75) is 18.9 Å². The fraction of sp³-hybridized carbons (Fsp3) is 0.273. The number of hydrogen-bond acceptors (Lipinski definition) is 3. The monoisotopic (exact) mass is 379 g/mol. The SMILES string of the molecule is CNC1CCN(C(=O)c2cc(-c3ccccc3Cl)nc3ccccc23)CC1. The lowest BCUT2D eigenvalue weighted by Crippen LogP contribution is -2.44. The number of piperidine rings is 1. The van der Waals surface area contributed by atoms with E-state index in [0.29, 0.717) is 16.6 Å². The standard InChI is InChI=1S/C22H22ClN3O/c1-24-15-10-12-26(13-11-15)22(27)18-14-21(17-7-2-4-8-19(17)23)25-20-9-5-3-6-16(18)20/h2-9,14-15,24H,10-13H2,1H3. The number of nitrogens with zero attached hydrogens (tertiary/aromatic N) is 2. The van der Waals surface area contributed by atoms with Crippen LogP contribution in [0.5, 0.6) is 0 Å². The molecule has 1 saturated heterocycles. The Hall–Kier alpha value is -2.43. The van der Waals surface area contributed by atoms with Gasteiger partial charge < -0.3 is 10.2 Å². The lowest BCUT2D eigenvalue weighted by molar-refractivity contribution is 0.0709. The zero-order valence-corrected chi connectivity index (χ0v) is 16.0. The number of benzene rings is 2. The first kappa shape index (κ1) is 18.0. The van der Waals surface area contributed by atoms with Gasteiger partial charge in [0, 0.05) is 35.1 Å². The minimum atomic E-state index is 0.0662. The summed E-state index contributed by atoms with van der Waals surface area (Å²) in [4.78, 5) is 20.0. The number of carbonyl (C=O) groups excluding carboxylic acids is 1. The highest BCUT2D eigenvalue weighted by Crippen LogP contribution is 2.30. The number of para-hydroxylation sites is 1. The Labute approximate surface area is 164 Å². The second kappa shape index (κ2) is 7.67. The van der Waals surface area contributed by atoms with Gasteiger partial charge in [0.15, 0.2) is 0 Å². The molecule has 0 atom stereocenters. The molecule has 1 amide bonds. The molecule has 138 valence electrons. The third kappa shape index (κ3) is 3.55. The van der Waals surface area contributed by atoms with Gasteiger partial charge in [-0.2, -0.15) is 0 Å². The van der Waals surface area contributed by atoms with Crippen LogP contribution in [0.15, 0.2) is 54.6 Å². The number of pyridine rings is 1. The zero-order valence-electron chi connectivity index (χ0n) is 15.3. The van der Waals surface area contributed by atoms with E-state index in [9.17, 15) is 4.79 Å². The maximum absolute atomic E-state index is 13.3. The van der Waals surface area contributed by atoms with Gasteiger partial charge >= 0.3 is 0 Å². The van der Waals surface area contributed by atoms with Crippen LogP contribution < -0.4 is 5.32 Å². The Bertz CT molecular complexity index is 980. The molecule has 1 N–H and O–H groups in total. The molecule has 0 saturated carbocycles. The predicted molar refractivity (Wildman–Crippen MR) is 110 cm³/mol. The van der Waals surface area contributed by atoms with Crippen molar-refractivity contribution in [1.29, 1.82) is 0 Å². The van der Waals surface area contributed by atoms with Gasteiger partial charge in [0.25, 0.3) is 5.91 Å². The topological polar surface area (TPSA) is 45.2 Å². The summed E-state index contributed by atoms with van der Waals surface area (Å²) in [6.45, 7) is 1.53. The number of aromatic nitrogens is 1. The van der Waals surface area contributed by atoms with E-state index in [2.05, 4.69) is 5.32 Å². The van der Waals surface area contributed by atoms with Crippen LogP contribution in [0.1, 0.15) is 23.2 Å². The summed E-state index contributed by atoms with van der Waals surface area (Å²) in [7, 11) is 1.98. The van der Waals surface area contributed by atoms with E-state index in [1.165, 1.54) is 0 Å². The number of hydrogen-bond donors (Lipinski definition) is 1. The summed E-state index contributed by atoms with van der Waals surface area (Å²) in [6, 6.07) is 17.8. The molecule has 0 spiro atoms. The normalized spacial score (nSPS) is 15.3. The molecule has 5 heteroatoms. The second-order valence-electron chi connectivity index (χ2n) is 6.91. The fourth-order valence-corrected chi connectivity index (χ4v) is 3.93. The summed E-state index contributed by atoms with van der Waals surface area (Å²) in [5.74, 6) is 0.0662. The van der Waals surface area contributed by atoms with Crippen LogP contribution in [0.3, 0.4) is 0 Å². The third-order valence-electron chi connectivity index (χ3n) is 5.29. The minimum absolute atomic E-state index is 0.0662. The molecule has 3 aromatic rings. The van der Waals surface area contributed by atoms with E-state index in [0.717, 1.165) is 48.1 Å². The molecule has 4 rings (SSSR count). The molecule has 2 heterocycles. The Morgan fingerprint density at radius 1 is 1.11 bits per heavy atom. The van der Waals surface area contributed by atoms with Crippen molar-refractivity contribution in [2.75, 3.05) is 20.1 Å². The number of rotatable bonds is 3. The van der Waals surface area contributed by atoms with Crippen molar-refractivity contribution in [1.82, 2.24) is 15.2 Å². The summed E-state index contributed by atoms with van der Waals surface area (Å²) in [5, 5.41) is 4.82. The van der Waals surface area contributed by atoms with Crippen molar-refractivity contribution in [2.24, 2.45) is 0 Å². The molecule has 1 aliphatic heterocycles. The van der Waals surface area contributed by atoms with Gasteiger partial charge in [-0.1, -0.05) is 48.0 Å². The molecule has 0 radical (unpaired) electrons. The molecular weight excluding hydrogens is 358 g/mol. The van der Waals surface area contributed by atoms with Crippen molar-refractivity contribution >= 4 is 28.4 Å². The number of fused-ring (bicyclic) bond motifs is 1. The molecule has 2 aromatic carbocycles. The van der Waals surface area contributed by atoms with Crippen LogP contribution in [0.4, 0.5) is 0 Å². The zero-order chi connectivity index (χ0) is 18.8. The quantitative estimate of drug-likeness (QED) is 0.734. The van der Waals surface area contributed by atoms with Crippen LogP contribution in [0.25, 0.3) is 22.2 Å². The average Bonchev–Trinajstić information content (AvgIpc) is 2.73. The first-order chi connectivity index (χ1) is 13.2. The predicted octanol–water partition coefficient (Wildman–Crippen LogP) is 4.38. The minimum Gasteiger partial charge on any atom is -0.339 e. The summed E-state index contributed by atoms with van der Waals surface area (Å²) in [5.41, 5.74) is 3.07. The fourth-order valence-electron chi connectivity index (χ4n) is 3.70. The smallest absolute Gasteiger partial charge is 0.254 e. The molecule has 1 aliphatic rings. The van der Waals surface area contributed by atoms with Crippen molar-refractivity contribution in [3.63, 3.8) is 0 Å². The van der Waals surface area contributed by atoms with Crippen LogP contribution in [0.2, 0.25) is 5.02 Å². The number of amides is 1. The van der Waals surface area contributed by atoms with Crippen LogP contribution in [-0.2, 0) is 0 Å².